The first-order chi connectivity index (χ1) is 9.76. The van der Waals surface area contributed by atoms with Crippen molar-refractivity contribution in [3.8, 4) is 0 Å². The minimum Gasteiger partial charge on any atom is -0.355 e. The summed E-state index contributed by atoms with van der Waals surface area (Å²) in [5.41, 5.74) is 0.848. The maximum Gasteiger partial charge on any atom is 0.230 e. The van der Waals surface area contributed by atoms with Crippen molar-refractivity contribution < 1.29 is 9.59 Å². The summed E-state index contributed by atoms with van der Waals surface area (Å²) >= 11 is 1.58. The third kappa shape index (κ3) is 8.34. The van der Waals surface area contributed by atoms with E-state index >= 15 is 0 Å². The van der Waals surface area contributed by atoms with Crippen molar-refractivity contribution in [3.63, 3.8) is 0 Å². The zero-order chi connectivity index (χ0) is 15.9. The van der Waals surface area contributed by atoms with Crippen LogP contribution in [0.15, 0.2) is 18.2 Å². The lowest BCUT2D eigenvalue weighted by Gasteiger charge is -2.16. The molecule has 0 aliphatic heterocycles. The van der Waals surface area contributed by atoms with Gasteiger partial charge in [0.2, 0.25) is 11.8 Å². The Morgan fingerprint density at radius 3 is 2.57 bits per heavy atom. The van der Waals surface area contributed by atoms with Gasteiger partial charge in [-0.2, -0.15) is 0 Å². The van der Waals surface area contributed by atoms with Crippen molar-refractivity contribution in [3.05, 3.63) is 23.9 Å². The average Bonchev–Trinajstić information content (AvgIpc) is 2.35. The largest absolute Gasteiger partial charge is 0.355 e. The van der Waals surface area contributed by atoms with Gasteiger partial charge in [-0.05, 0) is 19.1 Å². The quantitative estimate of drug-likeness (QED) is 0.846. The molecule has 0 unspecified atom stereocenters. The molecule has 1 heterocycles. The summed E-state index contributed by atoms with van der Waals surface area (Å²) in [6.45, 7) is 8.39. The summed E-state index contributed by atoms with van der Waals surface area (Å²) in [5, 5.41) is 5.45. The van der Waals surface area contributed by atoms with Crippen molar-refractivity contribution in [2.75, 3.05) is 17.6 Å². The normalized spacial score (nSPS) is 11.0. The predicted octanol–water partition coefficient (Wildman–Crippen LogP) is 2.37. The first-order valence-corrected chi connectivity index (χ1v) is 7.89. The summed E-state index contributed by atoms with van der Waals surface area (Å²) in [6.07, 6.45) is 0.238. The number of rotatable bonds is 6. The van der Waals surface area contributed by atoms with Gasteiger partial charge in [0.1, 0.15) is 5.82 Å². The highest BCUT2D eigenvalue weighted by Crippen LogP contribution is 2.22. The fraction of sp³-hybridized carbons (Fsp3) is 0.533. The van der Waals surface area contributed by atoms with Crippen LogP contribution in [0.4, 0.5) is 5.82 Å². The van der Waals surface area contributed by atoms with E-state index in [0.717, 1.165) is 5.69 Å². The summed E-state index contributed by atoms with van der Waals surface area (Å²) in [7, 11) is 0. The van der Waals surface area contributed by atoms with Crippen molar-refractivity contribution in [2.45, 2.75) is 38.9 Å². The molecule has 0 radical (unpaired) electrons. The molecule has 0 aliphatic rings. The van der Waals surface area contributed by atoms with Gasteiger partial charge in [0, 0.05) is 23.4 Å². The van der Waals surface area contributed by atoms with Crippen molar-refractivity contribution >= 4 is 29.4 Å². The molecule has 5 nitrogen and oxygen atoms in total. The number of aryl methyl sites for hydroxylation is 1. The molecule has 1 aromatic heterocycles. The van der Waals surface area contributed by atoms with Gasteiger partial charge in [-0.3, -0.25) is 9.59 Å². The highest BCUT2D eigenvalue weighted by Gasteiger charge is 2.13. The van der Waals surface area contributed by atoms with E-state index in [4.69, 9.17) is 0 Å². The number of amides is 2. The van der Waals surface area contributed by atoms with Gasteiger partial charge >= 0.3 is 0 Å². The Hall–Kier alpha value is -1.56. The van der Waals surface area contributed by atoms with Crippen LogP contribution in [0.2, 0.25) is 0 Å². The standard InChI is InChI=1S/C15H23N3O2S/c1-11-6-5-7-12(17-11)18-13(19)8-9-16-14(20)10-21-15(2,3)4/h5-7H,8-10H2,1-4H3,(H,16,20)(H,17,18,19). The first kappa shape index (κ1) is 17.5. The molecule has 1 rings (SSSR count). The number of carbonyl (C=O) groups excluding carboxylic acids is 2. The predicted molar refractivity (Wildman–Crippen MR) is 87.4 cm³/mol. The number of hydrogen-bond acceptors (Lipinski definition) is 4. The van der Waals surface area contributed by atoms with Gasteiger partial charge in [0.15, 0.2) is 0 Å². The molecule has 0 fully saturated rings. The molecule has 0 spiro atoms. The van der Waals surface area contributed by atoms with Crippen LogP contribution in [0.1, 0.15) is 32.9 Å². The lowest BCUT2D eigenvalue weighted by atomic mass is 10.3. The van der Waals surface area contributed by atoms with E-state index in [-0.39, 0.29) is 23.0 Å². The van der Waals surface area contributed by atoms with Crippen molar-refractivity contribution in [1.29, 1.82) is 0 Å². The van der Waals surface area contributed by atoms with Crippen LogP contribution >= 0.6 is 11.8 Å². The fourth-order valence-corrected chi connectivity index (χ4v) is 2.13. The summed E-state index contributed by atoms with van der Waals surface area (Å²) < 4.78 is 0.0611. The monoisotopic (exact) mass is 309 g/mol. The zero-order valence-corrected chi connectivity index (χ0v) is 13.8. The summed E-state index contributed by atoms with van der Waals surface area (Å²) in [5.74, 6) is 0.743. The molecule has 0 aromatic carbocycles. The van der Waals surface area contributed by atoms with Crippen LogP contribution in [0.25, 0.3) is 0 Å². The Labute approximate surface area is 130 Å². The average molecular weight is 309 g/mol. The SMILES string of the molecule is Cc1cccc(NC(=O)CCNC(=O)CSC(C)(C)C)n1. The molecule has 1 aromatic rings. The Morgan fingerprint density at radius 2 is 1.95 bits per heavy atom. The maximum absolute atomic E-state index is 11.7. The van der Waals surface area contributed by atoms with E-state index < -0.39 is 0 Å². The summed E-state index contributed by atoms with van der Waals surface area (Å²) in [6, 6.07) is 5.44. The molecule has 116 valence electrons. The number of nitrogens with zero attached hydrogens (tertiary/aromatic N) is 1. The smallest absolute Gasteiger partial charge is 0.230 e. The van der Waals surface area contributed by atoms with E-state index in [9.17, 15) is 9.59 Å². The molecular formula is C15H23N3O2S. The lowest BCUT2D eigenvalue weighted by Crippen LogP contribution is -2.30. The van der Waals surface area contributed by atoms with Gasteiger partial charge in [-0.1, -0.05) is 26.8 Å². The van der Waals surface area contributed by atoms with E-state index in [1.165, 1.54) is 0 Å². The number of carbonyl (C=O) groups is 2. The topological polar surface area (TPSA) is 71.1 Å². The van der Waals surface area contributed by atoms with E-state index in [1.807, 2.05) is 19.1 Å². The molecule has 2 amide bonds. The third-order valence-corrected chi connectivity index (χ3v) is 3.74. The number of aromatic nitrogens is 1. The van der Waals surface area contributed by atoms with Crippen LogP contribution in [-0.2, 0) is 9.59 Å². The zero-order valence-electron chi connectivity index (χ0n) is 13.0. The van der Waals surface area contributed by atoms with Crippen LogP contribution < -0.4 is 10.6 Å². The van der Waals surface area contributed by atoms with Gasteiger partial charge < -0.3 is 10.6 Å². The van der Waals surface area contributed by atoms with Gasteiger partial charge in [-0.25, -0.2) is 4.98 Å². The Bertz CT molecular complexity index is 498. The van der Waals surface area contributed by atoms with Crippen LogP contribution in [0.3, 0.4) is 0 Å². The minimum absolute atomic E-state index is 0.0450. The summed E-state index contributed by atoms with van der Waals surface area (Å²) in [4.78, 5) is 27.5. The molecule has 21 heavy (non-hydrogen) atoms. The molecule has 0 atom stereocenters. The van der Waals surface area contributed by atoms with E-state index in [0.29, 0.717) is 18.1 Å². The molecule has 2 N–H and O–H groups in total. The Balaban J connectivity index is 2.23. The van der Waals surface area contributed by atoms with Crippen LogP contribution in [0, 0.1) is 6.92 Å². The molecule has 0 saturated carbocycles. The van der Waals surface area contributed by atoms with Crippen molar-refractivity contribution in [2.24, 2.45) is 0 Å². The van der Waals surface area contributed by atoms with E-state index in [2.05, 4.69) is 36.4 Å². The van der Waals surface area contributed by atoms with Gasteiger partial charge in [0.05, 0.1) is 5.75 Å². The number of thioether (sulfide) groups is 1. The molecule has 0 saturated heterocycles. The second kappa shape index (κ2) is 8.02. The first-order valence-electron chi connectivity index (χ1n) is 6.90. The third-order valence-electron chi connectivity index (χ3n) is 2.47. The van der Waals surface area contributed by atoms with Crippen LogP contribution in [-0.4, -0.2) is 33.8 Å². The highest BCUT2D eigenvalue weighted by atomic mass is 32.2. The van der Waals surface area contributed by atoms with Gasteiger partial charge in [0.25, 0.3) is 0 Å². The minimum atomic E-state index is -0.156. The molecular weight excluding hydrogens is 286 g/mol. The van der Waals surface area contributed by atoms with Gasteiger partial charge in [-0.15, -0.1) is 11.8 Å². The fourth-order valence-electron chi connectivity index (χ4n) is 1.47. The van der Waals surface area contributed by atoms with Crippen molar-refractivity contribution in [1.82, 2.24) is 10.3 Å². The second-order valence-corrected chi connectivity index (χ2v) is 7.52. The second-order valence-electron chi connectivity index (χ2n) is 5.71. The van der Waals surface area contributed by atoms with Crippen LogP contribution in [0.5, 0.6) is 0 Å². The Morgan fingerprint density at radius 1 is 1.24 bits per heavy atom. The molecule has 6 heteroatoms. The number of pyridine rings is 1. The number of hydrogen-bond donors (Lipinski definition) is 2. The highest BCUT2D eigenvalue weighted by molar-refractivity contribution is 8.01. The molecule has 0 bridgehead atoms. The maximum atomic E-state index is 11.7. The number of anilines is 1. The lowest BCUT2D eigenvalue weighted by molar-refractivity contribution is -0.119. The number of nitrogens with one attached hydrogen (secondary N) is 2. The molecule has 0 aliphatic carbocycles. The van der Waals surface area contributed by atoms with E-state index in [1.54, 1.807) is 17.8 Å². The Kier molecular flexibility index (Phi) is 6.68.